The second-order valence-electron chi connectivity index (χ2n) is 2.99. The van der Waals surface area contributed by atoms with E-state index in [9.17, 15) is 4.79 Å². The maximum Gasteiger partial charge on any atom is 0.255 e. The number of aryl methyl sites for hydroxylation is 1. The molecule has 2 heterocycles. The predicted molar refractivity (Wildman–Crippen MR) is 49.6 cm³/mol. The third-order valence-electron chi connectivity index (χ3n) is 1.95. The lowest BCUT2D eigenvalue weighted by atomic mass is 10.3. The summed E-state index contributed by atoms with van der Waals surface area (Å²) in [5, 5.41) is 12.7. The minimum Gasteiger partial charge on any atom is -0.325 e. The molecule has 7 nitrogen and oxygen atoms in total. The summed E-state index contributed by atoms with van der Waals surface area (Å²) in [5.41, 5.74) is 6.06. The number of aromatic nitrogens is 3. The quantitative estimate of drug-likeness (QED) is 0.644. The fourth-order valence-electron chi connectivity index (χ4n) is 1.22. The van der Waals surface area contributed by atoms with Gasteiger partial charge >= 0.3 is 0 Å². The average molecular weight is 194 g/mol. The van der Waals surface area contributed by atoms with Crippen molar-refractivity contribution in [3.05, 3.63) is 6.33 Å². The van der Waals surface area contributed by atoms with Crippen LogP contribution in [0.1, 0.15) is 6.42 Å². The normalized spacial score (nSPS) is 16.3. The molecule has 74 valence electrons. The van der Waals surface area contributed by atoms with Gasteiger partial charge < -0.3 is 10.3 Å². The monoisotopic (exact) mass is 194 g/mol. The van der Waals surface area contributed by atoms with Gasteiger partial charge in [0, 0.05) is 13.6 Å². The van der Waals surface area contributed by atoms with E-state index in [1.807, 2.05) is 0 Å². The lowest BCUT2D eigenvalue weighted by Crippen LogP contribution is -2.22. The molecule has 0 atom stereocenters. The highest BCUT2D eigenvalue weighted by Gasteiger charge is 2.27. The fourth-order valence-corrected chi connectivity index (χ4v) is 1.22. The molecule has 1 aliphatic rings. The van der Waals surface area contributed by atoms with Gasteiger partial charge in [0.25, 0.3) is 11.9 Å². The van der Waals surface area contributed by atoms with Gasteiger partial charge in [-0.1, -0.05) is 0 Å². The van der Waals surface area contributed by atoms with Crippen LogP contribution in [0.25, 0.3) is 0 Å². The summed E-state index contributed by atoms with van der Waals surface area (Å²) < 4.78 is 1.63. The third-order valence-corrected chi connectivity index (χ3v) is 1.95. The van der Waals surface area contributed by atoms with Crippen LogP contribution >= 0.6 is 0 Å². The Morgan fingerprint density at radius 3 is 2.93 bits per heavy atom. The molecule has 0 unspecified atom stereocenters. The van der Waals surface area contributed by atoms with Gasteiger partial charge in [0.15, 0.2) is 0 Å². The van der Waals surface area contributed by atoms with Crippen LogP contribution in [0.15, 0.2) is 11.4 Å². The summed E-state index contributed by atoms with van der Waals surface area (Å²) in [5.74, 6) is 0.292. The maximum atomic E-state index is 11.5. The predicted octanol–water partition coefficient (Wildman–Crippen LogP) is -1.13. The molecule has 1 aromatic rings. The van der Waals surface area contributed by atoms with E-state index in [1.54, 1.807) is 11.6 Å². The van der Waals surface area contributed by atoms with Gasteiger partial charge in [-0.2, -0.15) is 10.1 Å². The number of anilines is 1. The SMILES string of the molecule is Cn1cnnc1N1N=C(CN)CC1=O. The summed E-state index contributed by atoms with van der Waals surface area (Å²) in [4.78, 5) is 11.5. The maximum absolute atomic E-state index is 11.5. The summed E-state index contributed by atoms with van der Waals surface area (Å²) in [6.07, 6.45) is 1.78. The number of amides is 1. The van der Waals surface area contributed by atoms with Crippen LogP contribution in [0.4, 0.5) is 5.95 Å². The van der Waals surface area contributed by atoms with E-state index in [4.69, 9.17) is 5.73 Å². The average Bonchev–Trinajstić information content (AvgIpc) is 2.72. The molecule has 0 bridgehead atoms. The number of carbonyl (C=O) groups is 1. The number of carbonyl (C=O) groups excluding carboxylic acids is 1. The number of nitrogens with two attached hydrogens (primary N) is 1. The van der Waals surface area contributed by atoms with Gasteiger partial charge in [-0.15, -0.1) is 10.2 Å². The van der Waals surface area contributed by atoms with Crippen molar-refractivity contribution >= 4 is 17.6 Å². The van der Waals surface area contributed by atoms with E-state index < -0.39 is 0 Å². The molecule has 0 aliphatic carbocycles. The van der Waals surface area contributed by atoms with E-state index in [2.05, 4.69) is 15.3 Å². The van der Waals surface area contributed by atoms with E-state index in [0.29, 0.717) is 18.2 Å². The van der Waals surface area contributed by atoms with Crippen molar-refractivity contribution < 1.29 is 4.79 Å². The number of hydrazone groups is 1. The molecule has 0 aromatic carbocycles. The molecule has 1 aliphatic heterocycles. The van der Waals surface area contributed by atoms with E-state index in [0.717, 1.165) is 0 Å². The molecule has 7 heteroatoms. The number of rotatable bonds is 2. The number of hydrogen-bond acceptors (Lipinski definition) is 5. The standard InChI is InChI=1S/C7H10N6O/c1-12-4-9-10-7(12)13-6(14)2-5(3-8)11-13/h4H,2-3,8H2,1H3. The van der Waals surface area contributed by atoms with E-state index in [1.165, 1.54) is 11.3 Å². The second-order valence-corrected chi connectivity index (χ2v) is 2.99. The van der Waals surface area contributed by atoms with Crippen molar-refractivity contribution in [1.82, 2.24) is 14.8 Å². The molecule has 1 amide bonds. The first-order valence-electron chi connectivity index (χ1n) is 4.15. The molecule has 0 saturated carbocycles. The first-order chi connectivity index (χ1) is 6.72. The molecule has 2 N–H and O–H groups in total. The second kappa shape index (κ2) is 3.18. The van der Waals surface area contributed by atoms with E-state index in [-0.39, 0.29) is 12.3 Å². The zero-order chi connectivity index (χ0) is 10.1. The Hall–Kier alpha value is -1.76. The lowest BCUT2D eigenvalue weighted by Gasteiger charge is -2.08. The van der Waals surface area contributed by atoms with Crippen molar-refractivity contribution in [1.29, 1.82) is 0 Å². The molecular formula is C7H10N6O. The van der Waals surface area contributed by atoms with Crippen LogP contribution in [-0.2, 0) is 11.8 Å². The highest BCUT2D eigenvalue weighted by molar-refractivity contribution is 6.12. The van der Waals surface area contributed by atoms with Gasteiger partial charge in [0.2, 0.25) is 0 Å². The Morgan fingerprint density at radius 2 is 2.43 bits per heavy atom. The molecule has 14 heavy (non-hydrogen) atoms. The Balaban J connectivity index is 2.32. The van der Waals surface area contributed by atoms with Gasteiger partial charge in [-0.3, -0.25) is 4.79 Å². The van der Waals surface area contributed by atoms with Crippen LogP contribution in [0.5, 0.6) is 0 Å². The van der Waals surface area contributed by atoms with Crippen molar-refractivity contribution in [3.63, 3.8) is 0 Å². The van der Waals surface area contributed by atoms with Gasteiger partial charge in [0.05, 0.1) is 12.1 Å². The first kappa shape index (κ1) is 8.82. The highest BCUT2D eigenvalue weighted by Crippen LogP contribution is 2.15. The topological polar surface area (TPSA) is 89.4 Å². The number of hydrogen-bond donors (Lipinski definition) is 1. The Labute approximate surface area is 80.2 Å². The van der Waals surface area contributed by atoms with Crippen molar-refractivity contribution in [2.24, 2.45) is 17.9 Å². The van der Waals surface area contributed by atoms with Gasteiger partial charge in [-0.05, 0) is 0 Å². The highest BCUT2D eigenvalue weighted by atomic mass is 16.2. The van der Waals surface area contributed by atoms with Crippen molar-refractivity contribution in [2.75, 3.05) is 11.6 Å². The van der Waals surface area contributed by atoms with Crippen LogP contribution < -0.4 is 10.7 Å². The minimum atomic E-state index is -0.124. The Morgan fingerprint density at radius 1 is 1.64 bits per heavy atom. The molecule has 1 aromatic heterocycles. The molecule has 0 saturated heterocycles. The number of nitrogens with zero attached hydrogens (tertiary/aromatic N) is 5. The minimum absolute atomic E-state index is 0.124. The largest absolute Gasteiger partial charge is 0.325 e. The van der Waals surface area contributed by atoms with Crippen molar-refractivity contribution in [2.45, 2.75) is 6.42 Å². The first-order valence-corrected chi connectivity index (χ1v) is 4.15. The van der Waals surface area contributed by atoms with Crippen LogP contribution in [0.3, 0.4) is 0 Å². The molecule has 0 spiro atoms. The zero-order valence-corrected chi connectivity index (χ0v) is 7.71. The van der Waals surface area contributed by atoms with E-state index >= 15 is 0 Å². The van der Waals surface area contributed by atoms with Crippen LogP contribution in [0.2, 0.25) is 0 Å². The molecule has 2 rings (SSSR count). The van der Waals surface area contributed by atoms with Gasteiger partial charge in [-0.25, -0.2) is 0 Å². The fraction of sp³-hybridized carbons (Fsp3) is 0.429. The molecule has 0 radical (unpaired) electrons. The summed E-state index contributed by atoms with van der Waals surface area (Å²) in [6, 6.07) is 0. The summed E-state index contributed by atoms with van der Waals surface area (Å²) in [6.45, 7) is 0.292. The van der Waals surface area contributed by atoms with Crippen LogP contribution in [-0.4, -0.2) is 32.9 Å². The zero-order valence-electron chi connectivity index (χ0n) is 7.71. The van der Waals surface area contributed by atoms with Crippen molar-refractivity contribution in [3.8, 4) is 0 Å². The Kier molecular flexibility index (Phi) is 2.01. The molecule has 0 fully saturated rings. The lowest BCUT2D eigenvalue weighted by molar-refractivity contribution is -0.117. The Bertz CT molecular complexity index is 395. The summed E-state index contributed by atoms with van der Waals surface area (Å²) >= 11 is 0. The third kappa shape index (κ3) is 1.27. The summed E-state index contributed by atoms with van der Waals surface area (Å²) in [7, 11) is 1.75. The smallest absolute Gasteiger partial charge is 0.255 e. The molecular weight excluding hydrogens is 184 g/mol. The van der Waals surface area contributed by atoms with Crippen LogP contribution in [0, 0.1) is 0 Å². The van der Waals surface area contributed by atoms with Gasteiger partial charge in [0.1, 0.15) is 6.33 Å².